The molecule has 0 radical (unpaired) electrons. The second-order valence-electron chi connectivity index (χ2n) is 4.37. The third-order valence-corrected chi connectivity index (χ3v) is 2.83. The van der Waals surface area contributed by atoms with Crippen molar-refractivity contribution in [3.05, 3.63) is 28.8 Å². The molecule has 0 aliphatic carbocycles. The standard InChI is InChI=1S/C13H19NO3/c1-5-17-11-7-8(2)10(6-9(11)3)13(4,14)12(15)16/h6-7H,5,14H2,1-4H3,(H,15,16). The minimum Gasteiger partial charge on any atom is -0.494 e. The molecule has 0 spiro atoms. The average molecular weight is 237 g/mol. The lowest BCUT2D eigenvalue weighted by Crippen LogP contribution is -2.42. The summed E-state index contributed by atoms with van der Waals surface area (Å²) in [7, 11) is 0. The molecule has 0 aliphatic heterocycles. The first-order valence-corrected chi connectivity index (χ1v) is 5.57. The van der Waals surface area contributed by atoms with Gasteiger partial charge in [-0.15, -0.1) is 0 Å². The Labute approximate surface area is 101 Å². The van der Waals surface area contributed by atoms with E-state index in [0.29, 0.717) is 12.2 Å². The fraction of sp³-hybridized carbons (Fsp3) is 0.462. The first-order valence-electron chi connectivity index (χ1n) is 5.57. The van der Waals surface area contributed by atoms with Crippen LogP contribution in [0.15, 0.2) is 12.1 Å². The average Bonchev–Trinajstić information content (AvgIpc) is 2.22. The third-order valence-electron chi connectivity index (χ3n) is 2.83. The molecular weight excluding hydrogens is 218 g/mol. The van der Waals surface area contributed by atoms with Crippen LogP contribution in [0, 0.1) is 13.8 Å². The van der Waals surface area contributed by atoms with Gasteiger partial charge in [-0.3, -0.25) is 0 Å². The lowest BCUT2D eigenvalue weighted by molar-refractivity contribution is -0.143. The fourth-order valence-electron chi connectivity index (χ4n) is 1.78. The first kappa shape index (κ1) is 13.5. The largest absolute Gasteiger partial charge is 0.494 e. The van der Waals surface area contributed by atoms with Crippen LogP contribution in [0.2, 0.25) is 0 Å². The molecule has 0 amide bonds. The molecule has 4 heteroatoms. The van der Waals surface area contributed by atoms with E-state index in [0.717, 1.165) is 16.9 Å². The maximum absolute atomic E-state index is 11.1. The van der Waals surface area contributed by atoms with Gasteiger partial charge in [0, 0.05) is 0 Å². The van der Waals surface area contributed by atoms with Gasteiger partial charge < -0.3 is 15.6 Å². The van der Waals surface area contributed by atoms with Crippen molar-refractivity contribution in [1.82, 2.24) is 0 Å². The lowest BCUT2D eigenvalue weighted by atomic mass is 9.88. The van der Waals surface area contributed by atoms with E-state index < -0.39 is 11.5 Å². The molecule has 1 aromatic carbocycles. The predicted octanol–water partition coefficient (Wildman–Crippen LogP) is 1.96. The lowest BCUT2D eigenvalue weighted by Gasteiger charge is -2.23. The van der Waals surface area contributed by atoms with E-state index in [4.69, 9.17) is 15.6 Å². The Morgan fingerprint density at radius 3 is 2.47 bits per heavy atom. The highest BCUT2D eigenvalue weighted by Gasteiger charge is 2.32. The van der Waals surface area contributed by atoms with Crippen LogP contribution in [0.25, 0.3) is 0 Å². The van der Waals surface area contributed by atoms with Crippen LogP contribution in [-0.2, 0) is 10.3 Å². The number of carboxylic acid groups (broad SMARTS) is 1. The molecule has 1 atom stereocenters. The van der Waals surface area contributed by atoms with Crippen LogP contribution in [0.5, 0.6) is 5.75 Å². The Bertz CT molecular complexity index is 439. The molecule has 94 valence electrons. The molecule has 1 unspecified atom stereocenters. The van der Waals surface area contributed by atoms with Gasteiger partial charge in [0.2, 0.25) is 0 Å². The van der Waals surface area contributed by atoms with Crippen molar-refractivity contribution in [3.63, 3.8) is 0 Å². The highest BCUT2D eigenvalue weighted by atomic mass is 16.5. The van der Waals surface area contributed by atoms with E-state index in [2.05, 4.69) is 0 Å². The second-order valence-corrected chi connectivity index (χ2v) is 4.37. The summed E-state index contributed by atoms with van der Waals surface area (Å²) in [6.07, 6.45) is 0. The molecule has 0 aliphatic rings. The van der Waals surface area contributed by atoms with Gasteiger partial charge in [0.1, 0.15) is 11.3 Å². The number of hydrogen-bond donors (Lipinski definition) is 2. The zero-order valence-corrected chi connectivity index (χ0v) is 10.7. The summed E-state index contributed by atoms with van der Waals surface area (Å²) in [4.78, 5) is 11.1. The van der Waals surface area contributed by atoms with Crippen LogP contribution in [0.3, 0.4) is 0 Å². The number of ether oxygens (including phenoxy) is 1. The molecular formula is C13H19NO3. The van der Waals surface area contributed by atoms with Gasteiger partial charge in [-0.05, 0) is 56.5 Å². The fourth-order valence-corrected chi connectivity index (χ4v) is 1.78. The number of carbonyl (C=O) groups is 1. The molecule has 1 aromatic rings. The Morgan fingerprint density at radius 1 is 1.41 bits per heavy atom. The number of benzene rings is 1. The van der Waals surface area contributed by atoms with Crippen molar-refractivity contribution in [1.29, 1.82) is 0 Å². The Morgan fingerprint density at radius 2 is 2.00 bits per heavy atom. The van der Waals surface area contributed by atoms with E-state index in [1.165, 1.54) is 6.92 Å². The van der Waals surface area contributed by atoms with Crippen molar-refractivity contribution < 1.29 is 14.6 Å². The number of carboxylic acids is 1. The Balaban J connectivity index is 3.29. The summed E-state index contributed by atoms with van der Waals surface area (Å²) in [5.41, 5.74) is 6.79. The van der Waals surface area contributed by atoms with Crippen molar-refractivity contribution in [2.45, 2.75) is 33.2 Å². The van der Waals surface area contributed by atoms with Gasteiger partial charge in [0.05, 0.1) is 6.61 Å². The van der Waals surface area contributed by atoms with Gasteiger partial charge in [-0.25, -0.2) is 4.79 Å². The van der Waals surface area contributed by atoms with Gasteiger partial charge in [0.25, 0.3) is 0 Å². The number of aliphatic carboxylic acids is 1. The number of nitrogens with two attached hydrogens (primary N) is 1. The van der Waals surface area contributed by atoms with Crippen LogP contribution in [0.1, 0.15) is 30.5 Å². The Hall–Kier alpha value is -1.55. The predicted molar refractivity (Wildman–Crippen MR) is 66.3 cm³/mol. The highest BCUT2D eigenvalue weighted by Crippen LogP contribution is 2.29. The maximum Gasteiger partial charge on any atom is 0.328 e. The van der Waals surface area contributed by atoms with Crippen molar-refractivity contribution in [3.8, 4) is 5.75 Å². The summed E-state index contributed by atoms with van der Waals surface area (Å²) in [6.45, 7) is 7.71. The van der Waals surface area contributed by atoms with Gasteiger partial charge in [0.15, 0.2) is 0 Å². The molecule has 0 saturated carbocycles. The number of hydrogen-bond acceptors (Lipinski definition) is 3. The van der Waals surface area contributed by atoms with Crippen molar-refractivity contribution in [2.75, 3.05) is 6.61 Å². The molecule has 0 saturated heterocycles. The SMILES string of the molecule is CCOc1cc(C)c(C(C)(N)C(=O)O)cc1C. The quantitative estimate of drug-likeness (QED) is 0.839. The molecule has 0 heterocycles. The number of rotatable bonds is 4. The topological polar surface area (TPSA) is 72.5 Å². The molecule has 17 heavy (non-hydrogen) atoms. The van der Waals surface area contributed by atoms with E-state index in [-0.39, 0.29) is 0 Å². The van der Waals surface area contributed by atoms with Crippen molar-refractivity contribution >= 4 is 5.97 Å². The first-order chi connectivity index (χ1) is 7.80. The molecule has 1 rings (SSSR count). The Kier molecular flexibility index (Phi) is 3.78. The highest BCUT2D eigenvalue weighted by molar-refractivity contribution is 5.80. The number of aryl methyl sites for hydroxylation is 2. The van der Waals surface area contributed by atoms with E-state index >= 15 is 0 Å². The van der Waals surface area contributed by atoms with E-state index in [1.807, 2.05) is 26.8 Å². The smallest absolute Gasteiger partial charge is 0.328 e. The summed E-state index contributed by atoms with van der Waals surface area (Å²) < 4.78 is 5.46. The summed E-state index contributed by atoms with van der Waals surface area (Å²) >= 11 is 0. The zero-order chi connectivity index (χ0) is 13.2. The van der Waals surface area contributed by atoms with Crippen LogP contribution >= 0.6 is 0 Å². The van der Waals surface area contributed by atoms with Crippen molar-refractivity contribution in [2.24, 2.45) is 5.73 Å². The zero-order valence-electron chi connectivity index (χ0n) is 10.7. The normalized spacial score (nSPS) is 14.2. The maximum atomic E-state index is 11.1. The van der Waals surface area contributed by atoms with Gasteiger partial charge >= 0.3 is 5.97 Å². The monoisotopic (exact) mass is 237 g/mol. The van der Waals surface area contributed by atoms with Gasteiger partial charge in [-0.1, -0.05) is 0 Å². The molecule has 0 aromatic heterocycles. The van der Waals surface area contributed by atoms with E-state index in [9.17, 15) is 4.79 Å². The minimum absolute atomic E-state index is 0.582. The van der Waals surface area contributed by atoms with Gasteiger partial charge in [-0.2, -0.15) is 0 Å². The van der Waals surface area contributed by atoms with Crippen LogP contribution < -0.4 is 10.5 Å². The third kappa shape index (κ3) is 2.58. The van der Waals surface area contributed by atoms with E-state index in [1.54, 1.807) is 6.07 Å². The summed E-state index contributed by atoms with van der Waals surface area (Å²) in [5.74, 6) is -0.265. The van der Waals surface area contributed by atoms with Crippen LogP contribution in [0.4, 0.5) is 0 Å². The summed E-state index contributed by atoms with van der Waals surface area (Å²) in [6, 6.07) is 3.62. The molecule has 0 fully saturated rings. The summed E-state index contributed by atoms with van der Waals surface area (Å²) in [5, 5.41) is 9.13. The minimum atomic E-state index is -1.38. The molecule has 3 N–H and O–H groups in total. The molecule has 0 bridgehead atoms. The molecule has 4 nitrogen and oxygen atoms in total. The van der Waals surface area contributed by atoms with Crippen LogP contribution in [-0.4, -0.2) is 17.7 Å². The second kappa shape index (κ2) is 4.75.